The number of fused-ring (bicyclic) bond motifs is 1. The van der Waals surface area contributed by atoms with Crippen LogP contribution in [0, 0.1) is 0 Å². The third-order valence-electron chi connectivity index (χ3n) is 3.94. The molecule has 28 heavy (non-hydrogen) atoms. The van der Waals surface area contributed by atoms with E-state index < -0.39 is 11.9 Å². The highest BCUT2D eigenvalue weighted by atomic mass is 19.4. The molecule has 0 atom stereocenters. The molecule has 4 heterocycles. The van der Waals surface area contributed by atoms with Gasteiger partial charge in [-0.15, -0.1) is 0 Å². The number of alkyl halides is 3. The van der Waals surface area contributed by atoms with Gasteiger partial charge >= 0.3 is 6.18 Å². The monoisotopic (exact) mass is 386 g/mol. The van der Waals surface area contributed by atoms with Crippen molar-refractivity contribution >= 4 is 22.5 Å². The first-order valence-electron chi connectivity index (χ1n) is 8.10. The summed E-state index contributed by atoms with van der Waals surface area (Å²) in [5, 5.41) is 3.78. The molecule has 0 radical (unpaired) electrons. The van der Waals surface area contributed by atoms with E-state index in [1.54, 1.807) is 24.5 Å². The van der Waals surface area contributed by atoms with E-state index in [0.29, 0.717) is 28.3 Å². The standard InChI is InChI=1S/C18H13F3N6O/c1-28-13-9-22-7-6-11(13)25-16-10-5-8-23-15(10)26-17(27-16)12-3-2-4-14(24-12)18(19,20)21/h2-9H,1H3,(H2,22,23,25,26,27). The van der Waals surface area contributed by atoms with Crippen LogP contribution in [0.1, 0.15) is 5.69 Å². The highest BCUT2D eigenvalue weighted by Gasteiger charge is 2.32. The van der Waals surface area contributed by atoms with Crippen molar-refractivity contribution in [3.63, 3.8) is 0 Å². The molecule has 4 aromatic heterocycles. The van der Waals surface area contributed by atoms with Crippen LogP contribution in [0.3, 0.4) is 0 Å². The normalized spacial score (nSPS) is 11.6. The molecule has 0 bridgehead atoms. The Morgan fingerprint density at radius 2 is 1.93 bits per heavy atom. The molecule has 0 aliphatic carbocycles. The Morgan fingerprint density at radius 1 is 1.07 bits per heavy atom. The summed E-state index contributed by atoms with van der Waals surface area (Å²) in [5.41, 5.74) is 0.0583. The maximum Gasteiger partial charge on any atom is 0.433 e. The predicted molar refractivity (Wildman–Crippen MR) is 96.2 cm³/mol. The number of nitrogens with zero attached hydrogens (tertiary/aromatic N) is 4. The zero-order valence-electron chi connectivity index (χ0n) is 14.4. The van der Waals surface area contributed by atoms with Gasteiger partial charge in [0.25, 0.3) is 0 Å². The van der Waals surface area contributed by atoms with E-state index in [1.807, 2.05) is 0 Å². The Kier molecular flexibility index (Phi) is 4.30. The minimum atomic E-state index is -4.56. The largest absolute Gasteiger partial charge is 0.493 e. The van der Waals surface area contributed by atoms with Crippen molar-refractivity contribution in [1.29, 1.82) is 0 Å². The summed E-state index contributed by atoms with van der Waals surface area (Å²) >= 11 is 0. The number of halogens is 3. The molecule has 0 unspecified atom stereocenters. The van der Waals surface area contributed by atoms with Gasteiger partial charge in [0.05, 0.1) is 24.4 Å². The summed E-state index contributed by atoms with van der Waals surface area (Å²) in [5.74, 6) is 0.935. The van der Waals surface area contributed by atoms with Crippen LogP contribution >= 0.6 is 0 Å². The van der Waals surface area contributed by atoms with E-state index in [-0.39, 0.29) is 11.5 Å². The van der Waals surface area contributed by atoms with Crippen LogP contribution in [0.25, 0.3) is 22.6 Å². The topological polar surface area (TPSA) is 88.6 Å². The lowest BCUT2D eigenvalue weighted by Gasteiger charge is -2.12. The van der Waals surface area contributed by atoms with Crippen molar-refractivity contribution in [1.82, 2.24) is 24.9 Å². The fourth-order valence-electron chi connectivity index (χ4n) is 2.64. The van der Waals surface area contributed by atoms with Crippen LogP contribution in [0.2, 0.25) is 0 Å². The van der Waals surface area contributed by atoms with Crippen LogP contribution in [-0.2, 0) is 6.18 Å². The number of aromatic nitrogens is 5. The van der Waals surface area contributed by atoms with Crippen LogP contribution in [0.5, 0.6) is 5.75 Å². The molecule has 4 aromatic rings. The Bertz CT molecular complexity index is 1140. The van der Waals surface area contributed by atoms with Crippen molar-refractivity contribution in [2.45, 2.75) is 6.18 Å². The lowest BCUT2D eigenvalue weighted by Crippen LogP contribution is -2.09. The fourth-order valence-corrected chi connectivity index (χ4v) is 2.64. The van der Waals surface area contributed by atoms with Gasteiger partial charge in [0.15, 0.2) is 11.6 Å². The molecule has 0 aliphatic heterocycles. The number of anilines is 2. The zero-order valence-corrected chi connectivity index (χ0v) is 14.4. The summed E-state index contributed by atoms with van der Waals surface area (Å²) in [6.07, 6.45) is 0.221. The van der Waals surface area contributed by atoms with Crippen LogP contribution in [-0.4, -0.2) is 32.0 Å². The second-order valence-electron chi connectivity index (χ2n) is 5.74. The molecule has 0 amide bonds. The number of methoxy groups -OCH3 is 1. The first-order chi connectivity index (χ1) is 13.5. The number of rotatable bonds is 4. The van der Waals surface area contributed by atoms with E-state index in [1.165, 1.54) is 25.4 Å². The highest BCUT2D eigenvalue weighted by molar-refractivity contribution is 5.90. The van der Waals surface area contributed by atoms with Gasteiger partial charge in [-0.25, -0.2) is 15.0 Å². The van der Waals surface area contributed by atoms with Gasteiger partial charge in [-0.1, -0.05) is 6.07 Å². The number of ether oxygens (including phenoxy) is 1. The Morgan fingerprint density at radius 3 is 2.71 bits per heavy atom. The van der Waals surface area contributed by atoms with Crippen LogP contribution in [0.15, 0.2) is 48.9 Å². The van der Waals surface area contributed by atoms with E-state index >= 15 is 0 Å². The summed E-state index contributed by atoms with van der Waals surface area (Å²) in [6, 6.07) is 7.05. The van der Waals surface area contributed by atoms with E-state index in [4.69, 9.17) is 4.74 Å². The van der Waals surface area contributed by atoms with E-state index in [0.717, 1.165) is 6.07 Å². The molecule has 0 saturated carbocycles. The summed E-state index contributed by atoms with van der Waals surface area (Å²) in [7, 11) is 1.51. The number of aromatic amines is 1. The van der Waals surface area contributed by atoms with Gasteiger partial charge in [-0.3, -0.25) is 4.98 Å². The molecule has 2 N–H and O–H groups in total. The fraction of sp³-hybridized carbons (Fsp3) is 0.111. The molecule has 10 heteroatoms. The summed E-state index contributed by atoms with van der Waals surface area (Å²) < 4.78 is 44.3. The van der Waals surface area contributed by atoms with Gasteiger partial charge in [0, 0.05) is 12.4 Å². The van der Waals surface area contributed by atoms with Gasteiger partial charge in [0.2, 0.25) is 0 Å². The van der Waals surface area contributed by atoms with Crippen molar-refractivity contribution in [2.75, 3.05) is 12.4 Å². The smallest absolute Gasteiger partial charge is 0.433 e. The molecular formula is C18H13F3N6O. The summed E-state index contributed by atoms with van der Waals surface area (Å²) in [6.45, 7) is 0. The maximum absolute atomic E-state index is 13.0. The molecule has 7 nitrogen and oxygen atoms in total. The van der Waals surface area contributed by atoms with E-state index in [9.17, 15) is 13.2 Å². The molecule has 0 spiro atoms. The van der Waals surface area contributed by atoms with E-state index in [2.05, 4.69) is 30.2 Å². The average Bonchev–Trinajstić information content (AvgIpc) is 3.17. The quantitative estimate of drug-likeness (QED) is 0.547. The number of pyridine rings is 2. The van der Waals surface area contributed by atoms with Crippen LogP contribution < -0.4 is 10.1 Å². The lowest BCUT2D eigenvalue weighted by atomic mass is 10.2. The summed E-state index contributed by atoms with van der Waals surface area (Å²) in [4.78, 5) is 19.3. The van der Waals surface area contributed by atoms with Gasteiger partial charge in [-0.2, -0.15) is 13.2 Å². The Balaban J connectivity index is 1.82. The molecule has 0 aliphatic rings. The number of nitrogens with one attached hydrogen (secondary N) is 2. The number of H-pyrrole nitrogens is 1. The Labute approximate surface area is 156 Å². The molecule has 0 saturated heterocycles. The Hall–Kier alpha value is -3.69. The predicted octanol–water partition coefficient (Wildman–Crippen LogP) is 4.19. The minimum Gasteiger partial charge on any atom is -0.493 e. The molecule has 0 fully saturated rings. The lowest BCUT2D eigenvalue weighted by molar-refractivity contribution is -0.141. The third-order valence-corrected chi connectivity index (χ3v) is 3.94. The molecule has 0 aromatic carbocycles. The molecular weight excluding hydrogens is 373 g/mol. The highest BCUT2D eigenvalue weighted by Crippen LogP contribution is 2.32. The molecule has 142 valence electrons. The number of hydrogen-bond donors (Lipinski definition) is 2. The van der Waals surface area contributed by atoms with Crippen LogP contribution in [0.4, 0.5) is 24.7 Å². The maximum atomic E-state index is 13.0. The van der Waals surface area contributed by atoms with Crippen molar-refractivity contribution in [2.24, 2.45) is 0 Å². The minimum absolute atomic E-state index is 0.0102. The van der Waals surface area contributed by atoms with Gasteiger partial charge in [0.1, 0.15) is 22.9 Å². The third kappa shape index (κ3) is 3.31. The second-order valence-corrected chi connectivity index (χ2v) is 5.74. The van der Waals surface area contributed by atoms with Gasteiger partial charge in [-0.05, 0) is 24.3 Å². The SMILES string of the molecule is COc1cnccc1Nc1nc(-c2cccc(C(F)(F)F)n2)nc2[nH]ccc12. The van der Waals surface area contributed by atoms with Gasteiger partial charge < -0.3 is 15.0 Å². The van der Waals surface area contributed by atoms with Crippen molar-refractivity contribution in [3.05, 3.63) is 54.6 Å². The number of hydrogen-bond acceptors (Lipinski definition) is 6. The van der Waals surface area contributed by atoms with Crippen molar-refractivity contribution in [3.8, 4) is 17.3 Å². The molecule has 4 rings (SSSR count). The van der Waals surface area contributed by atoms with Crippen molar-refractivity contribution < 1.29 is 17.9 Å². The second kappa shape index (κ2) is 6.80. The first-order valence-corrected chi connectivity index (χ1v) is 8.10. The first kappa shape index (κ1) is 17.7. The average molecular weight is 386 g/mol. The zero-order chi connectivity index (χ0) is 19.7.